The molecule has 1 aromatic heterocycles. The number of carbonyl (C=O) groups excluding carboxylic acids is 2. The fraction of sp³-hybridized carbons (Fsp3) is 0.222. The Bertz CT molecular complexity index is 769. The highest BCUT2D eigenvalue weighted by Crippen LogP contribution is 2.06. The molecule has 0 atom stereocenters. The third-order valence-electron chi connectivity index (χ3n) is 3.37. The summed E-state index contributed by atoms with van der Waals surface area (Å²) in [6, 6.07) is 7.11. The van der Waals surface area contributed by atoms with Crippen molar-refractivity contribution in [2.24, 2.45) is 0 Å². The van der Waals surface area contributed by atoms with E-state index in [-0.39, 0.29) is 11.8 Å². The predicted octanol–water partition coefficient (Wildman–Crippen LogP) is 1.23. The lowest BCUT2D eigenvalue weighted by Gasteiger charge is -2.08. The monoisotopic (exact) mass is 339 g/mol. The molecule has 0 aliphatic carbocycles. The van der Waals surface area contributed by atoms with Gasteiger partial charge in [0.25, 0.3) is 5.91 Å². The summed E-state index contributed by atoms with van der Waals surface area (Å²) >= 11 is 0. The quantitative estimate of drug-likeness (QED) is 0.773. The molecule has 0 unspecified atom stereocenters. The number of rotatable bonds is 6. The second kappa shape index (κ2) is 8.58. The standard InChI is InChI=1S/C18H21N5O2/c1-19-17(25)15-6-4-5-13(9-15)10-20-16(24)8-7-14-11-21-18(22-12-14)23(2)3/h4-9,11-12H,10H2,1-3H3,(H,19,25)(H,20,24)/b8-7+. The first-order chi connectivity index (χ1) is 12.0. The third-order valence-corrected chi connectivity index (χ3v) is 3.37. The van der Waals surface area contributed by atoms with Crippen LogP contribution in [0.1, 0.15) is 21.5 Å². The molecule has 0 aliphatic heterocycles. The normalized spacial score (nSPS) is 10.5. The smallest absolute Gasteiger partial charge is 0.251 e. The molecular formula is C18H21N5O2. The average Bonchev–Trinajstić information content (AvgIpc) is 2.64. The van der Waals surface area contributed by atoms with Crippen LogP contribution in [0.2, 0.25) is 0 Å². The number of amides is 2. The summed E-state index contributed by atoms with van der Waals surface area (Å²) in [5.41, 5.74) is 2.15. The summed E-state index contributed by atoms with van der Waals surface area (Å²) in [6.07, 6.45) is 6.38. The summed E-state index contributed by atoms with van der Waals surface area (Å²) in [4.78, 5) is 33.7. The highest BCUT2D eigenvalue weighted by molar-refractivity contribution is 5.94. The van der Waals surface area contributed by atoms with Crippen molar-refractivity contribution in [2.45, 2.75) is 6.54 Å². The summed E-state index contributed by atoms with van der Waals surface area (Å²) < 4.78 is 0. The van der Waals surface area contributed by atoms with E-state index in [1.54, 1.807) is 48.6 Å². The number of aromatic nitrogens is 2. The van der Waals surface area contributed by atoms with Crippen molar-refractivity contribution in [3.8, 4) is 0 Å². The third kappa shape index (κ3) is 5.42. The highest BCUT2D eigenvalue weighted by Gasteiger charge is 2.04. The van der Waals surface area contributed by atoms with Gasteiger partial charge in [-0.1, -0.05) is 12.1 Å². The van der Waals surface area contributed by atoms with Crippen LogP contribution in [0.25, 0.3) is 6.08 Å². The van der Waals surface area contributed by atoms with Crippen molar-refractivity contribution in [3.63, 3.8) is 0 Å². The van der Waals surface area contributed by atoms with Gasteiger partial charge < -0.3 is 15.5 Å². The van der Waals surface area contributed by atoms with Crippen LogP contribution in [0.3, 0.4) is 0 Å². The molecular weight excluding hydrogens is 318 g/mol. The van der Waals surface area contributed by atoms with E-state index in [0.717, 1.165) is 11.1 Å². The first kappa shape index (κ1) is 18.1. The van der Waals surface area contributed by atoms with E-state index in [4.69, 9.17) is 0 Å². The number of hydrogen-bond donors (Lipinski definition) is 2. The van der Waals surface area contributed by atoms with E-state index in [1.165, 1.54) is 6.08 Å². The molecule has 0 fully saturated rings. The highest BCUT2D eigenvalue weighted by atomic mass is 16.2. The maximum Gasteiger partial charge on any atom is 0.251 e. The van der Waals surface area contributed by atoms with Gasteiger partial charge in [-0.2, -0.15) is 0 Å². The van der Waals surface area contributed by atoms with Crippen molar-refractivity contribution in [1.82, 2.24) is 20.6 Å². The van der Waals surface area contributed by atoms with Gasteiger partial charge >= 0.3 is 0 Å². The van der Waals surface area contributed by atoms with Crippen LogP contribution in [0.5, 0.6) is 0 Å². The summed E-state index contributed by atoms with van der Waals surface area (Å²) in [6.45, 7) is 0.337. The summed E-state index contributed by atoms with van der Waals surface area (Å²) in [5, 5.41) is 5.35. The van der Waals surface area contributed by atoms with Crippen LogP contribution in [0.4, 0.5) is 5.95 Å². The van der Waals surface area contributed by atoms with Gasteiger partial charge in [-0.25, -0.2) is 9.97 Å². The Morgan fingerprint density at radius 3 is 2.56 bits per heavy atom. The summed E-state index contributed by atoms with van der Waals surface area (Å²) in [5.74, 6) is 0.217. The van der Waals surface area contributed by atoms with Crippen LogP contribution in [0, 0.1) is 0 Å². The Hall–Kier alpha value is -3.22. The maximum absolute atomic E-state index is 11.9. The molecule has 2 amide bonds. The molecule has 0 bridgehead atoms. The average molecular weight is 339 g/mol. The van der Waals surface area contributed by atoms with E-state index < -0.39 is 0 Å². The molecule has 1 heterocycles. The minimum atomic E-state index is -0.234. The van der Waals surface area contributed by atoms with E-state index in [9.17, 15) is 9.59 Å². The van der Waals surface area contributed by atoms with Crippen LogP contribution < -0.4 is 15.5 Å². The second-order valence-electron chi connectivity index (χ2n) is 5.54. The summed E-state index contributed by atoms with van der Waals surface area (Å²) in [7, 11) is 5.30. The molecule has 25 heavy (non-hydrogen) atoms. The van der Waals surface area contributed by atoms with Gasteiger partial charge in [-0.3, -0.25) is 9.59 Å². The first-order valence-corrected chi connectivity index (χ1v) is 7.76. The zero-order valence-corrected chi connectivity index (χ0v) is 14.5. The molecule has 2 aromatic rings. The Morgan fingerprint density at radius 2 is 1.92 bits per heavy atom. The van der Waals surface area contributed by atoms with Gasteiger partial charge in [-0.05, 0) is 23.8 Å². The van der Waals surface area contributed by atoms with Crippen molar-refractivity contribution in [1.29, 1.82) is 0 Å². The lowest BCUT2D eigenvalue weighted by Crippen LogP contribution is -2.21. The zero-order chi connectivity index (χ0) is 18.2. The number of carbonyl (C=O) groups is 2. The van der Waals surface area contributed by atoms with Crippen LogP contribution in [-0.2, 0) is 11.3 Å². The largest absolute Gasteiger partial charge is 0.355 e. The molecule has 1 aromatic carbocycles. The van der Waals surface area contributed by atoms with E-state index in [2.05, 4.69) is 20.6 Å². The molecule has 0 saturated heterocycles. The van der Waals surface area contributed by atoms with Crippen molar-refractivity contribution >= 4 is 23.8 Å². The number of nitrogens with one attached hydrogen (secondary N) is 2. The van der Waals surface area contributed by atoms with E-state index >= 15 is 0 Å². The Morgan fingerprint density at radius 1 is 1.20 bits per heavy atom. The number of anilines is 1. The molecule has 2 rings (SSSR count). The molecule has 0 saturated carbocycles. The van der Waals surface area contributed by atoms with Gasteiger partial charge in [0, 0.05) is 57.3 Å². The van der Waals surface area contributed by atoms with E-state index in [0.29, 0.717) is 18.1 Å². The van der Waals surface area contributed by atoms with Crippen LogP contribution in [0.15, 0.2) is 42.7 Å². The van der Waals surface area contributed by atoms with Gasteiger partial charge in [0.15, 0.2) is 0 Å². The minimum absolute atomic E-state index is 0.158. The molecule has 7 heteroatoms. The Balaban J connectivity index is 1.91. The van der Waals surface area contributed by atoms with Crippen molar-refractivity contribution in [2.75, 3.05) is 26.0 Å². The molecule has 0 aliphatic rings. The molecule has 0 radical (unpaired) electrons. The molecule has 0 spiro atoms. The number of nitrogens with zero attached hydrogens (tertiary/aromatic N) is 3. The lowest BCUT2D eigenvalue weighted by atomic mass is 10.1. The maximum atomic E-state index is 11.9. The van der Waals surface area contributed by atoms with Gasteiger partial charge in [0.2, 0.25) is 11.9 Å². The van der Waals surface area contributed by atoms with Crippen molar-refractivity contribution < 1.29 is 9.59 Å². The van der Waals surface area contributed by atoms with Crippen LogP contribution >= 0.6 is 0 Å². The predicted molar refractivity (Wildman–Crippen MR) is 97.1 cm³/mol. The molecule has 130 valence electrons. The SMILES string of the molecule is CNC(=O)c1cccc(CNC(=O)/C=C/c2cnc(N(C)C)nc2)c1. The fourth-order valence-electron chi connectivity index (χ4n) is 2.04. The number of benzene rings is 1. The second-order valence-corrected chi connectivity index (χ2v) is 5.54. The van der Waals surface area contributed by atoms with Crippen molar-refractivity contribution in [3.05, 3.63) is 59.4 Å². The lowest BCUT2D eigenvalue weighted by molar-refractivity contribution is -0.116. The minimum Gasteiger partial charge on any atom is -0.355 e. The Kier molecular flexibility index (Phi) is 6.22. The van der Waals surface area contributed by atoms with Gasteiger partial charge in [0.1, 0.15) is 0 Å². The first-order valence-electron chi connectivity index (χ1n) is 7.76. The van der Waals surface area contributed by atoms with Crippen LogP contribution in [-0.4, -0.2) is 42.9 Å². The molecule has 2 N–H and O–H groups in total. The fourth-order valence-corrected chi connectivity index (χ4v) is 2.04. The number of hydrogen-bond acceptors (Lipinski definition) is 5. The Labute approximate surface area is 146 Å². The molecule has 7 nitrogen and oxygen atoms in total. The van der Waals surface area contributed by atoms with Gasteiger partial charge in [-0.15, -0.1) is 0 Å². The van der Waals surface area contributed by atoms with Gasteiger partial charge in [0.05, 0.1) is 0 Å². The van der Waals surface area contributed by atoms with E-state index in [1.807, 2.05) is 20.2 Å². The zero-order valence-electron chi connectivity index (χ0n) is 14.5. The topological polar surface area (TPSA) is 87.2 Å².